The van der Waals surface area contributed by atoms with Gasteiger partial charge in [0.15, 0.2) is 0 Å². The lowest BCUT2D eigenvalue weighted by molar-refractivity contribution is 0.102. The number of aliphatic hydroxyl groups excluding tert-OH is 1. The summed E-state index contributed by atoms with van der Waals surface area (Å²) in [5, 5.41) is 17.4. The Labute approximate surface area is 108 Å². The first-order chi connectivity index (χ1) is 9.20. The molecule has 0 fully saturated rings. The van der Waals surface area contributed by atoms with E-state index in [-0.39, 0.29) is 12.3 Å². The third-order valence-electron chi connectivity index (χ3n) is 2.28. The molecule has 5 nitrogen and oxygen atoms in total. The molecule has 0 atom stereocenters. The van der Waals surface area contributed by atoms with Crippen molar-refractivity contribution in [2.45, 2.75) is 0 Å². The number of hydrogen-bond donors (Lipinski definition) is 3. The van der Waals surface area contributed by atoms with Crippen LogP contribution in [0.1, 0.15) is 16.1 Å². The van der Waals surface area contributed by atoms with Crippen LogP contribution in [0.4, 0.5) is 10.1 Å². The van der Waals surface area contributed by atoms with Crippen LogP contribution < -0.4 is 5.32 Å². The first kappa shape index (κ1) is 12.8. The van der Waals surface area contributed by atoms with E-state index < -0.39 is 11.7 Å². The highest BCUT2D eigenvalue weighted by atomic mass is 19.1. The summed E-state index contributed by atoms with van der Waals surface area (Å²) in [5.74, 6) is 4.10. The highest BCUT2D eigenvalue weighted by Gasteiger charge is 2.10. The first-order valence-electron chi connectivity index (χ1n) is 5.40. The van der Waals surface area contributed by atoms with Crippen molar-refractivity contribution in [3.8, 4) is 11.8 Å². The second-order valence-corrected chi connectivity index (χ2v) is 3.57. The van der Waals surface area contributed by atoms with Crippen LogP contribution in [0.5, 0.6) is 0 Å². The van der Waals surface area contributed by atoms with Crippen LogP contribution in [0.25, 0.3) is 0 Å². The molecule has 1 amide bonds. The number of amides is 1. The van der Waals surface area contributed by atoms with E-state index in [4.69, 9.17) is 5.11 Å². The molecule has 1 heterocycles. The van der Waals surface area contributed by atoms with Gasteiger partial charge in [0.25, 0.3) is 5.91 Å². The van der Waals surface area contributed by atoms with Crippen molar-refractivity contribution >= 4 is 11.6 Å². The van der Waals surface area contributed by atoms with Gasteiger partial charge in [-0.1, -0.05) is 11.8 Å². The molecular formula is C13H10FN3O2. The van der Waals surface area contributed by atoms with Gasteiger partial charge < -0.3 is 10.4 Å². The normalized spacial score (nSPS) is 9.58. The number of carbonyl (C=O) groups is 1. The predicted octanol–water partition coefficient (Wildman–Crippen LogP) is 1.14. The van der Waals surface area contributed by atoms with E-state index >= 15 is 0 Å². The summed E-state index contributed by atoms with van der Waals surface area (Å²) in [7, 11) is 0. The summed E-state index contributed by atoms with van der Waals surface area (Å²) in [4.78, 5) is 11.8. The molecule has 0 aliphatic heterocycles. The number of nitrogens with one attached hydrogen (secondary N) is 2. The molecule has 0 bridgehead atoms. The van der Waals surface area contributed by atoms with Crippen LogP contribution in [0, 0.1) is 17.7 Å². The van der Waals surface area contributed by atoms with Crippen molar-refractivity contribution in [3.63, 3.8) is 0 Å². The molecular weight excluding hydrogens is 249 g/mol. The molecule has 2 rings (SSSR count). The topological polar surface area (TPSA) is 78.0 Å². The summed E-state index contributed by atoms with van der Waals surface area (Å²) in [6.45, 7) is -0.343. The number of halogens is 1. The second-order valence-electron chi connectivity index (χ2n) is 3.57. The summed E-state index contributed by atoms with van der Waals surface area (Å²) in [6.07, 6.45) is 1.45. The molecule has 6 heteroatoms. The molecule has 0 aliphatic carbocycles. The van der Waals surface area contributed by atoms with Gasteiger partial charge in [0, 0.05) is 6.20 Å². The molecule has 96 valence electrons. The van der Waals surface area contributed by atoms with Gasteiger partial charge in [0.1, 0.15) is 18.1 Å². The van der Waals surface area contributed by atoms with Gasteiger partial charge in [-0.05, 0) is 24.3 Å². The Bertz CT molecular complexity index is 642. The number of aliphatic hydroxyl groups is 1. The van der Waals surface area contributed by atoms with Gasteiger partial charge in [-0.15, -0.1) is 0 Å². The molecule has 2 aromatic rings. The van der Waals surface area contributed by atoms with E-state index in [0.717, 1.165) is 0 Å². The average molecular weight is 259 g/mol. The smallest absolute Gasteiger partial charge is 0.273 e. The van der Waals surface area contributed by atoms with Gasteiger partial charge in [-0.2, -0.15) is 5.10 Å². The Hall–Kier alpha value is -2.65. The fraction of sp³-hybridized carbons (Fsp3) is 0.0769. The predicted molar refractivity (Wildman–Crippen MR) is 66.9 cm³/mol. The fourth-order valence-corrected chi connectivity index (χ4v) is 1.44. The first-order valence-corrected chi connectivity index (χ1v) is 5.40. The van der Waals surface area contributed by atoms with E-state index in [0.29, 0.717) is 11.3 Å². The standard InChI is InChI=1S/C13H10FN3O2/c14-10-3-4-11(9(8-10)2-1-7-18)16-13(19)12-5-6-15-17-12/h3-6,8,18H,7H2,(H,15,17)(H,16,19). The van der Waals surface area contributed by atoms with Crippen molar-refractivity contribution in [1.29, 1.82) is 0 Å². The molecule has 0 unspecified atom stereocenters. The van der Waals surface area contributed by atoms with E-state index in [1.165, 1.54) is 30.5 Å². The van der Waals surface area contributed by atoms with Gasteiger partial charge in [0.05, 0.1) is 11.3 Å². The molecule has 19 heavy (non-hydrogen) atoms. The molecule has 3 N–H and O–H groups in total. The molecule has 1 aromatic heterocycles. The number of carbonyl (C=O) groups excluding carboxylic acids is 1. The van der Waals surface area contributed by atoms with Crippen LogP contribution in [0.2, 0.25) is 0 Å². The van der Waals surface area contributed by atoms with Crippen molar-refractivity contribution in [3.05, 3.63) is 47.5 Å². The van der Waals surface area contributed by atoms with Gasteiger partial charge >= 0.3 is 0 Å². The van der Waals surface area contributed by atoms with Crippen LogP contribution in [-0.2, 0) is 0 Å². The van der Waals surface area contributed by atoms with E-state index in [1.54, 1.807) is 0 Å². The zero-order chi connectivity index (χ0) is 13.7. The minimum atomic E-state index is -0.471. The summed E-state index contributed by atoms with van der Waals surface area (Å²) >= 11 is 0. The SMILES string of the molecule is O=C(Nc1ccc(F)cc1C#CCO)c1ccn[nH]1. The maximum absolute atomic E-state index is 13.1. The van der Waals surface area contributed by atoms with Crippen molar-refractivity contribution in [1.82, 2.24) is 10.2 Å². The van der Waals surface area contributed by atoms with Crippen LogP contribution in [0.15, 0.2) is 30.5 Å². The van der Waals surface area contributed by atoms with E-state index in [1.807, 2.05) is 0 Å². The molecule has 0 saturated heterocycles. The number of hydrogen-bond acceptors (Lipinski definition) is 3. The van der Waals surface area contributed by atoms with Crippen molar-refractivity contribution < 1.29 is 14.3 Å². The minimum absolute atomic E-state index is 0.283. The summed E-state index contributed by atoms with van der Waals surface area (Å²) < 4.78 is 13.1. The monoisotopic (exact) mass is 259 g/mol. The number of aromatic amines is 1. The van der Waals surface area contributed by atoms with E-state index in [9.17, 15) is 9.18 Å². The Morgan fingerprint density at radius 2 is 2.32 bits per heavy atom. The lowest BCUT2D eigenvalue weighted by Gasteiger charge is -2.06. The number of aromatic nitrogens is 2. The molecule has 0 radical (unpaired) electrons. The third kappa shape index (κ3) is 3.18. The Balaban J connectivity index is 2.27. The Kier molecular flexibility index (Phi) is 3.90. The Morgan fingerprint density at radius 1 is 1.47 bits per heavy atom. The number of nitrogens with zero attached hydrogens (tertiary/aromatic N) is 1. The third-order valence-corrected chi connectivity index (χ3v) is 2.28. The maximum atomic E-state index is 13.1. The fourth-order valence-electron chi connectivity index (χ4n) is 1.44. The lowest BCUT2D eigenvalue weighted by atomic mass is 10.1. The van der Waals surface area contributed by atoms with Crippen LogP contribution in [0.3, 0.4) is 0 Å². The minimum Gasteiger partial charge on any atom is -0.384 e. The highest BCUT2D eigenvalue weighted by Crippen LogP contribution is 2.16. The molecule has 0 spiro atoms. The maximum Gasteiger partial charge on any atom is 0.273 e. The zero-order valence-corrected chi connectivity index (χ0v) is 9.77. The molecule has 1 aromatic carbocycles. The van der Waals surface area contributed by atoms with E-state index in [2.05, 4.69) is 27.4 Å². The number of rotatable bonds is 2. The van der Waals surface area contributed by atoms with Crippen LogP contribution in [-0.4, -0.2) is 27.8 Å². The number of benzene rings is 1. The van der Waals surface area contributed by atoms with Crippen molar-refractivity contribution in [2.24, 2.45) is 0 Å². The van der Waals surface area contributed by atoms with Gasteiger partial charge in [-0.25, -0.2) is 4.39 Å². The highest BCUT2D eigenvalue weighted by molar-refractivity contribution is 6.03. The van der Waals surface area contributed by atoms with Crippen LogP contribution >= 0.6 is 0 Å². The Morgan fingerprint density at radius 3 is 3.00 bits per heavy atom. The molecule has 0 aliphatic rings. The summed E-state index contributed by atoms with van der Waals surface area (Å²) in [5.41, 5.74) is 0.939. The number of anilines is 1. The lowest BCUT2D eigenvalue weighted by Crippen LogP contribution is -2.13. The van der Waals surface area contributed by atoms with Crippen molar-refractivity contribution in [2.75, 3.05) is 11.9 Å². The zero-order valence-electron chi connectivity index (χ0n) is 9.77. The largest absolute Gasteiger partial charge is 0.384 e. The second kappa shape index (κ2) is 5.80. The van der Waals surface area contributed by atoms with Gasteiger partial charge in [-0.3, -0.25) is 9.89 Å². The quantitative estimate of drug-likeness (QED) is 0.708. The number of H-pyrrole nitrogens is 1. The molecule has 0 saturated carbocycles. The van der Waals surface area contributed by atoms with Gasteiger partial charge in [0.2, 0.25) is 0 Å². The average Bonchev–Trinajstić information content (AvgIpc) is 2.93. The summed E-state index contributed by atoms with van der Waals surface area (Å²) in [6, 6.07) is 5.32.